The molecule has 1 aromatic carbocycles. The molecule has 0 atom stereocenters. The zero-order chi connectivity index (χ0) is 17.4. The highest BCUT2D eigenvalue weighted by Crippen LogP contribution is 2.38. The topological polar surface area (TPSA) is 63.1 Å². The Bertz CT molecular complexity index is 921. The maximum Gasteiger partial charge on any atom is 0.237 e. The van der Waals surface area contributed by atoms with E-state index in [9.17, 15) is 9.18 Å². The third kappa shape index (κ3) is 2.73. The lowest BCUT2D eigenvalue weighted by atomic mass is 10.0. The fraction of sp³-hybridized carbons (Fsp3) is 0.167. The molecule has 0 fully saturated rings. The Morgan fingerprint density at radius 2 is 1.80 bits per heavy atom. The van der Waals surface area contributed by atoms with Gasteiger partial charge in [0.15, 0.2) is 5.82 Å². The smallest absolute Gasteiger partial charge is 0.237 e. The van der Waals surface area contributed by atoms with Crippen LogP contribution in [0.25, 0.3) is 22.4 Å². The van der Waals surface area contributed by atoms with E-state index in [0.29, 0.717) is 13.1 Å². The molecule has 0 saturated heterocycles. The fourth-order valence-electron chi connectivity index (χ4n) is 2.95. The molecule has 6 nitrogen and oxygen atoms in total. The molecule has 1 aliphatic rings. The van der Waals surface area contributed by atoms with Crippen LogP contribution in [0, 0.1) is 5.82 Å². The SMILES string of the molecule is CC(=O)N1CCn2nc(-c3ccc(F)cc3)c(-c3ccncc3)c2N1. The predicted octanol–water partition coefficient (Wildman–Crippen LogP) is 2.94. The molecule has 126 valence electrons. The first-order valence-electron chi connectivity index (χ1n) is 7.95. The van der Waals surface area contributed by atoms with Crippen molar-refractivity contribution < 1.29 is 9.18 Å². The van der Waals surface area contributed by atoms with E-state index in [0.717, 1.165) is 28.2 Å². The third-order valence-electron chi connectivity index (χ3n) is 4.20. The highest BCUT2D eigenvalue weighted by molar-refractivity contribution is 5.90. The van der Waals surface area contributed by atoms with Crippen LogP contribution >= 0.6 is 0 Å². The maximum atomic E-state index is 13.3. The summed E-state index contributed by atoms with van der Waals surface area (Å²) in [5, 5.41) is 6.26. The van der Waals surface area contributed by atoms with Gasteiger partial charge in [-0.2, -0.15) is 5.10 Å². The van der Waals surface area contributed by atoms with Gasteiger partial charge in [-0.3, -0.25) is 20.2 Å². The van der Waals surface area contributed by atoms with Crippen molar-refractivity contribution in [2.24, 2.45) is 0 Å². The van der Waals surface area contributed by atoms with Gasteiger partial charge in [0, 0.05) is 24.9 Å². The molecule has 0 aliphatic carbocycles. The predicted molar refractivity (Wildman–Crippen MR) is 91.9 cm³/mol. The fourth-order valence-corrected chi connectivity index (χ4v) is 2.95. The molecular weight excluding hydrogens is 321 g/mol. The summed E-state index contributed by atoms with van der Waals surface area (Å²) in [5.41, 5.74) is 6.49. The summed E-state index contributed by atoms with van der Waals surface area (Å²) in [4.78, 5) is 15.8. The van der Waals surface area contributed by atoms with Crippen molar-refractivity contribution in [3.8, 4) is 22.4 Å². The lowest BCUT2D eigenvalue weighted by Crippen LogP contribution is -2.41. The first kappa shape index (κ1) is 15.3. The molecule has 7 heteroatoms. The number of pyridine rings is 1. The number of benzene rings is 1. The van der Waals surface area contributed by atoms with Gasteiger partial charge >= 0.3 is 0 Å². The van der Waals surface area contributed by atoms with Gasteiger partial charge < -0.3 is 0 Å². The van der Waals surface area contributed by atoms with Crippen LogP contribution in [0.5, 0.6) is 0 Å². The van der Waals surface area contributed by atoms with Crippen molar-refractivity contribution in [2.75, 3.05) is 12.0 Å². The number of carbonyl (C=O) groups is 1. The van der Waals surface area contributed by atoms with E-state index in [-0.39, 0.29) is 11.7 Å². The van der Waals surface area contributed by atoms with Gasteiger partial charge in [-0.05, 0) is 42.0 Å². The lowest BCUT2D eigenvalue weighted by Gasteiger charge is -2.28. The second-order valence-corrected chi connectivity index (χ2v) is 5.82. The molecule has 0 bridgehead atoms. The molecule has 1 N–H and O–H groups in total. The molecule has 0 spiro atoms. The quantitative estimate of drug-likeness (QED) is 0.781. The molecule has 3 aromatic rings. The molecule has 4 rings (SSSR count). The molecule has 3 heterocycles. The largest absolute Gasteiger partial charge is 0.279 e. The molecule has 1 amide bonds. The number of nitrogens with zero attached hydrogens (tertiary/aromatic N) is 4. The van der Waals surface area contributed by atoms with Crippen LogP contribution in [0.15, 0.2) is 48.8 Å². The summed E-state index contributed by atoms with van der Waals surface area (Å²) in [6.07, 6.45) is 3.42. The molecule has 1 aliphatic heterocycles. The van der Waals surface area contributed by atoms with Gasteiger partial charge in [0.1, 0.15) is 11.5 Å². The highest BCUT2D eigenvalue weighted by atomic mass is 19.1. The number of aromatic nitrogens is 3. The summed E-state index contributed by atoms with van der Waals surface area (Å²) in [6, 6.07) is 10.0. The van der Waals surface area contributed by atoms with E-state index in [2.05, 4.69) is 10.4 Å². The van der Waals surface area contributed by atoms with Crippen molar-refractivity contribution in [3.63, 3.8) is 0 Å². The summed E-state index contributed by atoms with van der Waals surface area (Å²) < 4.78 is 15.1. The third-order valence-corrected chi connectivity index (χ3v) is 4.20. The Morgan fingerprint density at radius 1 is 1.08 bits per heavy atom. The number of hydrazine groups is 1. The number of amides is 1. The number of fused-ring (bicyclic) bond motifs is 1. The van der Waals surface area contributed by atoms with Crippen LogP contribution in [-0.2, 0) is 11.3 Å². The second-order valence-electron chi connectivity index (χ2n) is 5.82. The van der Waals surface area contributed by atoms with Gasteiger partial charge in [-0.1, -0.05) is 0 Å². The van der Waals surface area contributed by atoms with E-state index in [1.54, 1.807) is 29.5 Å². The zero-order valence-electron chi connectivity index (χ0n) is 13.6. The van der Waals surface area contributed by atoms with E-state index in [1.165, 1.54) is 19.1 Å². The molecule has 0 saturated carbocycles. The highest BCUT2D eigenvalue weighted by Gasteiger charge is 2.26. The minimum atomic E-state index is -0.293. The zero-order valence-corrected chi connectivity index (χ0v) is 13.6. The van der Waals surface area contributed by atoms with Crippen LogP contribution < -0.4 is 5.43 Å². The number of anilines is 1. The Labute approximate surface area is 143 Å². The number of carbonyl (C=O) groups excluding carboxylic acids is 1. The number of rotatable bonds is 2. The van der Waals surface area contributed by atoms with Crippen LogP contribution in [0.4, 0.5) is 10.2 Å². The lowest BCUT2D eigenvalue weighted by molar-refractivity contribution is -0.128. The molecular formula is C18H16FN5O. The standard InChI is InChI=1S/C18H16FN5O/c1-12(25)23-10-11-24-18(22-23)16(13-6-8-20-9-7-13)17(21-24)14-2-4-15(19)5-3-14/h2-9,22H,10-11H2,1H3. The average Bonchev–Trinajstić information content (AvgIpc) is 3.01. The van der Waals surface area contributed by atoms with Crippen molar-refractivity contribution >= 4 is 11.7 Å². The first-order chi connectivity index (χ1) is 12.1. The summed E-state index contributed by atoms with van der Waals surface area (Å²) >= 11 is 0. The summed E-state index contributed by atoms with van der Waals surface area (Å²) in [6.45, 7) is 2.63. The second kappa shape index (κ2) is 6.01. The average molecular weight is 337 g/mol. The number of halogens is 1. The van der Waals surface area contributed by atoms with Crippen molar-refractivity contribution in [2.45, 2.75) is 13.5 Å². The Morgan fingerprint density at radius 3 is 2.48 bits per heavy atom. The summed E-state index contributed by atoms with van der Waals surface area (Å²) in [7, 11) is 0. The van der Waals surface area contributed by atoms with Gasteiger partial charge in [0.05, 0.1) is 18.7 Å². The number of hydrogen-bond acceptors (Lipinski definition) is 4. The van der Waals surface area contributed by atoms with E-state index < -0.39 is 0 Å². The number of nitrogens with one attached hydrogen (secondary N) is 1. The molecule has 0 unspecified atom stereocenters. The van der Waals surface area contributed by atoms with E-state index >= 15 is 0 Å². The first-order valence-corrected chi connectivity index (χ1v) is 7.95. The Hall–Kier alpha value is -3.22. The van der Waals surface area contributed by atoms with Gasteiger partial charge in [0.2, 0.25) is 5.91 Å². The monoisotopic (exact) mass is 337 g/mol. The Balaban J connectivity index is 1.90. The Kier molecular flexibility index (Phi) is 3.68. The van der Waals surface area contributed by atoms with Gasteiger partial charge in [0.25, 0.3) is 0 Å². The van der Waals surface area contributed by atoms with Crippen molar-refractivity contribution in [3.05, 3.63) is 54.6 Å². The minimum absolute atomic E-state index is 0.0588. The van der Waals surface area contributed by atoms with Gasteiger partial charge in [-0.15, -0.1) is 0 Å². The van der Waals surface area contributed by atoms with Crippen molar-refractivity contribution in [1.82, 2.24) is 19.8 Å². The van der Waals surface area contributed by atoms with Crippen LogP contribution in [0.3, 0.4) is 0 Å². The number of hydrogen-bond donors (Lipinski definition) is 1. The maximum absolute atomic E-state index is 13.3. The molecule has 2 aromatic heterocycles. The van der Waals surface area contributed by atoms with E-state index in [4.69, 9.17) is 5.10 Å². The van der Waals surface area contributed by atoms with Crippen LogP contribution in [0.1, 0.15) is 6.92 Å². The normalized spacial score (nSPS) is 13.3. The summed E-state index contributed by atoms with van der Waals surface area (Å²) in [5.74, 6) is 0.391. The molecule has 25 heavy (non-hydrogen) atoms. The van der Waals surface area contributed by atoms with Crippen LogP contribution in [0.2, 0.25) is 0 Å². The minimum Gasteiger partial charge on any atom is -0.279 e. The molecule has 0 radical (unpaired) electrons. The van der Waals surface area contributed by atoms with E-state index in [1.807, 2.05) is 16.8 Å². The van der Waals surface area contributed by atoms with Crippen molar-refractivity contribution in [1.29, 1.82) is 0 Å². The van der Waals surface area contributed by atoms with Crippen LogP contribution in [-0.4, -0.2) is 32.2 Å². The van der Waals surface area contributed by atoms with Gasteiger partial charge in [-0.25, -0.2) is 9.07 Å².